The Balaban J connectivity index is 1.93. The molecule has 1 heterocycles. The number of nitro groups is 1. The molecular weight excluding hydrogens is 377 g/mol. The number of aromatic nitrogens is 2. The summed E-state index contributed by atoms with van der Waals surface area (Å²) in [5.41, 5.74) is 3.36. The Kier molecular flexibility index (Phi) is 5.01. The summed E-state index contributed by atoms with van der Waals surface area (Å²) in [7, 11) is 0. The third-order valence-electron chi connectivity index (χ3n) is 3.73. The van der Waals surface area contributed by atoms with Crippen LogP contribution < -0.4 is 0 Å². The van der Waals surface area contributed by atoms with E-state index in [9.17, 15) is 10.1 Å². The van der Waals surface area contributed by atoms with E-state index >= 15 is 0 Å². The summed E-state index contributed by atoms with van der Waals surface area (Å²) in [6, 6.07) is 11.1. The lowest BCUT2D eigenvalue weighted by Gasteiger charge is -2.03. The van der Waals surface area contributed by atoms with E-state index in [1.807, 2.05) is 13.8 Å². The smallest absolute Gasteiger partial charge is 0.258 e. The van der Waals surface area contributed by atoms with E-state index in [1.165, 1.54) is 12.1 Å². The number of azo groups is 1. The topological polar surface area (TPSA) is 85.7 Å². The van der Waals surface area contributed by atoms with Crippen LogP contribution in [0.4, 0.5) is 17.1 Å². The van der Waals surface area contributed by atoms with Gasteiger partial charge in [0.2, 0.25) is 0 Å². The molecule has 0 unspecified atom stereocenters. The first kappa shape index (κ1) is 18.0. The molecule has 0 atom stereocenters. The van der Waals surface area contributed by atoms with E-state index in [-0.39, 0.29) is 5.69 Å². The Hall–Kier alpha value is -2.77. The third kappa shape index (κ3) is 3.58. The Bertz CT molecular complexity index is 1010. The monoisotopic (exact) mass is 389 g/mol. The number of hydrogen-bond acceptors (Lipinski definition) is 5. The molecule has 0 saturated heterocycles. The van der Waals surface area contributed by atoms with Gasteiger partial charge in [-0.15, -0.1) is 5.11 Å². The first-order chi connectivity index (χ1) is 12.4. The van der Waals surface area contributed by atoms with Gasteiger partial charge in [0.25, 0.3) is 5.69 Å². The van der Waals surface area contributed by atoms with Crippen LogP contribution >= 0.6 is 23.2 Å². The van der Waals surface area contributed by atoms with Crippen LogP contribution in [0.3, 0.4) is 0 Å². The Morgan fingerprint density at radius 1 is 1.04 bits per heavy atom. The van der Waals surface area contributed by atoms with Gasteiger partial charge in [-0.1, -0.05) is 23.2 Å². The van der Waals surface area contributed by atoms with Gasteiger partial charge < -0.3 is 0 Å². The fourth-order valence-corrected chi connectivity index (χ4v) is 2.69. The lowest BCUT2D eigenvalue weighted by atomic mass is 10.2. The molecule has 0 N–H and O–H groups in total. The normalized spacial score (nSPS) is 11.2. The molecule has 0 bridgehead atoms. The van der Waals surface area contributed by atoms with E-state index < -0.39 is 4.92 Å². The van der Waals surface area contributed by atoms with E-state index in [4.69, 9.17) is 23.2 Å². The largest absolute Gasteiger partial charge is 0.269 e. The number of halogens is 2. The fourth-order valence-electron chi connectivity index (χ4n) is 2.40. The molecule has 0 fully saturated rings. The minimum Gasteiger partial charge on any atom is -0.258 e. The van der Waals surface area contributed by atoms with Crippen molar-refractivity contribution in [3.8, 4) is 5.69 Å². The predicted molar refractivity (Wildman–Crippen MR) is 100 cm³/mol. The van der Waals surface area contributed by atoms with Crippen molar-refractivity contribution >= 4 is 40.3 Å². The molecule has 0 aliphatic carbocycles. The van der Waals surface area contributed by atoms with Crippen LogP contribution in [0, 0.1) is 24.0 Å². The second-order valence-corrected chi connectivity index (χ2v) is 6.32. The number of benzene rings is 2. The summed E-state index contributed by atoms with van der Waals surface area (Å²) in [6.07, 6.45) is 0. The van der Waals surface area contributed by atoms with E-state index in [0.717, 1.165) is 5.69 Å². The number of rotatable bonds is 4. The van der Waals surface area contributed by atoms with Gasteiger partial charge in [-0.3, -0.25) is 10.1 Å². The number of nitrogens with zero attached hydrogens (tertiary/aromatic N) is 5. The highest BCUT2D eigenvalue weighted by Gasteiger charge is 2.14. The summed E-state index contributed by atoms with van der Waals surface area (Å²) in [4.78, 5) is 10.3. The molecule has 3 aromatic rings. The molecule has 26 heavy (non-hydrogen) atoms. The SMILES string of the molecule is Cc1nn(-c2ccc([N+](=O)[O-])cc2)c(C)c1N=Nc1ccc(Cl)c(Cl)c1. The number of hydrogen-bond donors (Lipinski definition) is 0. The highest BCUT2D eigenvalue weighted by atomic mass is 35.5. The van der Waals surface area contributed by atoms with E-state index in [1.54, 1.807) is 35.0 Å². The quantitative estimate of drug-likeness (QED) is 0.306. The van der Waals surface area contributed by atoms with E-state index in [2.05, 4.69) is 15.3 Å². The van der Waals surface area contributed by atoms with Crippen molar-refractivity contribution in [2.24, 2.45) is 10.2 Å². The van der Waals surface area contributed by atoms with Gasteiger partial charge >= 0.3 is 0 Å². The van der Waals surface area contributed by atoms with Crippen LogP contribution in [0.1, 0.15) is 11.4 Å². The zero-order valence-corrected chi connectivity index (χ0v) is 15.4. The van der Waals surface area contributed by atoms with Crippen molar-refractivity contribution in [1.29, 1.82) is 0 Å². The highest BCUT2D eigenvalue weighted by Crippen LogP contribution is 2.30. The first-order valence-electron chi connectivity index (χ1n) is 7.54. The molecule has 9 heteroatoms. The molecule has 3 rings (SSSR count). The molecule has 132 valence electrons. The zero-order chi connectivity index (χ0) is 18.8. The molecule has 0 aliphatic heterocycles. The molecule has 2 aromatic carbocycles. The Morgan fingerprint density at radius 3 is 2.35 bits per heavy atom. The summed E-state index contributed by atoms with van der Waals surface area (Å²) < 4.78 is 1.67. The molecule has 0 saturated carbocycles. The van der Waals surface area contributed by atoms with Crippen LogP contribution in [0.15, 0.2) is 52.7 Å². The van der Waals surface area contributed by atoms with Crippen molar-refractivity contribution in [3.63, 3.8) is 0 Å². The van der Waals surface area contributed by atoms with Crippen molar-refractivity contribution in [3.05, 3.63) is 74.0 Å². The van der Waals surface area contributed by atoms with E-state index in [0.29, 0.717) is 32.8 Å². The molecule has 7 nitrogen and oxygen atoms in total. The average molecular weight is 390 g/mol. The summed E-state index contributed by atoms with van der Waals surface area (Å²) in [6.45, 7) is 3.67. The molecule has 1 aromatic heterocycles. The molecule has 0 aliphatic rings. The van der Waals surface area contributed by atoms with Crippen LogP contribution in [0.5, 0.6) is 0 Å². The van der Waals surface area contributed by atoms with Crippen molar-refractivity contribution in [2.75, 3.05) is 0 Å². The zero-order valence-electron chi connectivity index (χ0n) is 13.8. The van der Waals surface area contributed by atoms with Gasteiger partial charge in [0, 0.05) is 12.1 Å². The molecule has 0 amide bonds. The maximum atomic E-state index is 10.8. The van der Waals surface area contributed by atoms with Crippen molar-refractivity contribution < 1.29 is 4.92 Å². The molecule has 0 spiro atoms. The minimum atomic E-state index is -0.443. The highest BCUT2D eigenvalue weighted by molar-refractivity contribution is 6.42. The molecular formula is C17H13Cl2N5O2. The van der Waals surface area contributed by atoms with Crippen molar-refractivity contribution in [2.45, 2.75) is 13.8 Å². The second kappa shape index (κ2) is 7.23. The lowest BCUT2D eigenvalue weighted by Crippen LogP contribution is -1.99. The van der Waals surface area contributed by atoms with Crippen LogP contribution in [-0.4, -0.2) is 14.7 Å². The summed E-state index contributed by atoms with van der Waals surface area (Å²) >= 11 is 11.9. The lowest BCUT2D eigenvalue weighted by molar-refractivity contribution is -0.384. The average Bonchev–Trinajstić information content (AvgIpc) is 2.90. The van der Waals surface area contributed by atoms with Gasteiger partial charge in [0.1, 0.15) is 5.69 Å². The van der Waals surface area contributed by atoms with Gasteiger partial charge in [0.05, 0.1) is 37.7 Å². The molecule has 0 radical (unpaired) electrons. The van der Waals surface area contributed by atoms with Gasteiger partial charge in [0.15, 0.2) is 0 Å². The van der Waals surface area contributed by atoms with Gasteiger partial charge in [-0.2, -0.15) is 10.2 Å². The maximum absolute atomic E-state index is 10.8. The fraction of sp³-hybridized carbons (Fsp3) is 0.118. The summed E-state index contributed by atoms with van der Waals surface area (Å²) in [5, 5.41) is 24.5. The Labute approximate surface area is 159 Å². The van der Waals surface area contributed by atoms with Crippen LogP contribution in [0.25, 0.3) is 5.69 Å². The number of nitro benzene ring substituents is 1. The van der Waals surface area contributed by atoms with Gasteiger partial charge in [-0.05, 0) is 44.2 Å². The van der Waals surface area contributed by atoms with Crippen LogP contribution in [0.2, 0.25) is 10.0 Å². The first-order valence-corrected chi connectivity index (χ1v) is 8.30. The Morgan fingerprint density at radius 2 is 1.73 bits per heavy atom. The third-order valence-corrected chi connectivity index (χ3v) is 4.47. The second-order valence-electron chi connectivity index (χ2n) is 5.50. The maximum Gasteiger partial charge on any atom is 0.269 e. The minimum absolute atomic E-state index is 0.0230. The predicted octanol–water partition coefficient (Wildman–Crippen LogP) is 6.12. The van der Waals surface area contributed by atoms with Crippen LogP contribution in [-0.2, 0) is 0 Å². The van der Waals surface area contributed by atoms with Gasteiger partial charge in [-0.25, -0.2) is 4.68 Å². The summed E-state index contributed by atoms with van der Waals surface area (Å²) in [5.74, 6) is 0. The number of aryl methyl sites for hydroxylation is 1. The number of non-ortho nitro benzene ring substituents is 1. The van der Waals surface area contributed by atoms with Crippen molar-refractivity contribution in [1.82, 2.24) is 9.78 Å². The standard InChI is InChI=1S/C17H13Cl2N5O2/c1-10-17(21-20-12-3-8-15(18)16(19)9-12)11(2)23(22-10)13-4-6-14(7-5-13)24(25)26/h3-9H,1-2H3.